The quantitative estimate of drug-likeness (QED) is 0.505. The zero-order chi connectivity index (χ0) is 11.0. The molecule has 0 aromatic carbocycles. The lowest BCUT2D eigenvalue weighted by Gasteiger charge is -2.12. The molecular weight excluding hydrogens is 180 g/mol. The van der Waals surface area contributed by atoms with Gasteiger partial charge in [-0.1, -0.05) is 19.9 Å². The smallest absolute Gasteiger partial charge is 0.308 e. The molecule has 3 heteroatoms. The van der Waals surface area contributed by atoms with Gasteiger partial charge in [0.2, 0.25) is 0 Å². The van der Waals surface area contributed by atoms with E-state index in [1.54, 1.807) is 6.92 Å². The van der Waals surface area contributed by atoms with Gasteiger partial charge in [-0.15, -0.1) is 0 Å². The molecular formula is C11H20O3. The Morgan fingerprint density at radius 3 is 2.64 bits per heavy atom. The minimum Gasteiger partial charge on any atom is -0.466 e. The van der Waals surface area contributed by atoms with Gasteiger partial charge in [0.05, 0.1) is 19.1 Å². The average molecular weight is 200 g/mol. The van der Waals surface area contributed by atoms with Crippen LogP contribution in [0, 0.1) is 0 Å². The van der Waals surface area contributed by atoms with Gasteiger partial charge in [-0.25, -0.2) is 0 Å². The molecule has 0 rings (SSSR count). The number of carbonyl (C=O) groups is 1. The van der Waals surface area contributed by atoms with Crippen LogP contribution in [0.15, 0.2) is 12.2 Å². The maximum atomic E-state index is 11.0. The standard InChI is InChI=1S/C11H20O3/c1-4-6-7-9(3)10(12)8-11(13)14-5-2/h10,12H,3-8H2,1-2H3. The lowest BCUT2D eigenvalue weighted by Crippen LogP contribution is -2.17. The number of rotatable bonds is 7. The van der Waals surface area contributed by atoms with E-state index in [0.717, 1.165) is 24.8 Å². The Morgan fingerprint density at radius 1 is 1.50 bits per heavy atom. The van der Waals surface area contributed by atoms with E-state index in [1.165, 1.54) is 0 Å². The first kappa shape index (κ1) is 13.2. The van der Waals surface area contributed by atoms with Gasteiger partial charge in [0.1, 0.15) is 0 Å². The highest BCUT2D eigenvalue weighted by Gasteiger charge is 2.13. The van der Waals surface area contributed by atoms with Gasteiger partial charge in [0, 0.05) is 0 Å². The van der Waals surface area contributed by atoms with Crippen molar-refractivity contribution >= 4 is 5.97 Å². The highest BCUT2D eigenvalue weighted by molar-refractivity contribution is 5.70. The topological polar surface area (TPSA) is 46.5 Å². The van der Waals surface area contributed by atoms with E-state index in [2.05, 4.69) is 13.5 Å². The summed E-state index contributed by atoms with van der Waals surface area (Å²) < 4.78 is 4.73. The molecule has 1 N–H and O–H groups in total. The lowest BCUT2D eigenvalue weighted by atomic mass is 10.0. The molecule has 0 aliphatic carbocycles. The van der Waals surface area contributed by atoms with Gasteiger partial charge in [-0.2, -0.15) is 0 Å². The minimum atomic E-state index is -0.749. The molecule has 1 atom stereocenters. The maximum Gasteiger partial charge on any atom is 0.308 e. The summed E-state index contributed by atoms with van der Waals surface area (Å²) in [4.78, 5) is 11.0. The molecule has 0 saturated carbocycles. The summed E-state index contributed by atoms with van der Waals surface area (Å²) in [6, 6.07) is 0. The summed E-state index contributed by atoms with van der Waals surface area (Å²) in [6.07, 6.45) is 2.11. The Labute approximate surface area is 85.8 Å². The number of unbranched alkanes of at least 4 members (excludes halogenated alkanes) is 1. The predicted octanol–water partition coefficient (Wildman–Crippen LogP) is 2.05. The molecule has 0 saturated heterocycles. The van der Waals surface area contributed by atoms with E-state index >= 15 is 0 Å². The van der Waals surface area contributed by atoms with Crippen molar-refractivity contribution in [3.05, 3.63) is 12.2 Å². The minimum absolute atomic E-state index is 0.0242. The number of hydrogen-bond acceptors (Lipinski definition) is 3. The fraction of sp³-hybridized carbons (Fsp3) is 0.727. The van der Waals surface area contributed by atoms with E-state index in [4.69, 9.17) is 4.74 Å². The average Bonchev–Trinajstić information content (AvgIpc) is 2.14. The van der Waals surface area contributed by atoms with Crippen LogP contribution in [0.4, 0.5) is 0 Å². The van der Waals surface area contributed by atoms with Crippen LogP contribution in [0.3, 0.4) is 0 Å². The molecule has 0 spiro atoms. The summed E-state index contributed by atoms with van der Waals surface area (Å²) in [5.74, 6) is -0.363. The highest BCUT2D eigenvalue weighted by Crippen LogP contribution is 2.12. The first-order valence-electron chi connectivity index (χ1n) is 5.13. The molecule has 3 nitrogen and oxygen atoms in total. The summed E-state index contributed by atoms with van der Waals surface area (Å²) in [6.45, 7) is 7.92. The van der Waals surface area contributed by atoms with Crippen LogP contribution in [-0.4, -0.2) is 23.8 Å². The van der Waals surface area contributed by atoms with Crippen molar-refractivity contribution in [3.63, 3.8) is 0 Å². The second-order valence-electron chi connectivity index (χ2n) is 3.29. The third-order valence-corrected chi connectivity index (χ3v) is 1.99. The van der Waals surface area contributed by atoms with Gasteiger partial charge >= 0.3 is 5.97 Å². The fourth-order valence-electron chi connectivity index (χ4n) is 1.09. The Morgan fingerprint density at radius 2 is 2.14 bits per heavy atom. The van der Waals surface area contributed by atoms with E-state index in [0.29, 0.717) is 6.61 Å². The molecule has 0 amide bonds. The molecule has 0 aromatic heterocycles. The van der Waals surface area contributed by atoms with Crippen LogP contribution in [-0.2, 0) is 9.53 Å². The molecule has 0 aromatic rings. The van der Waals surface area contributed by atoms with Gasteiger partial charge in [-0.05, 0) is 25.3 Å². The van der Waals surface area contributed by atoms with Crippen LogP contribution >= 0.6 is 0 Å². The number of aliphatic hydroxyl groups excluding tert-OH is 1. The second-order valence-corrected chi connectivity index (χ2v) is 3.29. The molecule has 0 radical (unpaired) electrons. The molecule has 0 aliphatic heterocycles. The van der Waals surface area contributed by atoms with E-state index in [-0.39, 0.29) is 12.4 Å². The number of hydrogen-bond donors (Lipinski definition) is 1. The van der Waals surface area contributed by atoms with E-state index in [9.17, 15) is 9.90 Å². The SMILES string of the molecule is C=C(CCCC)C(O)CC(=O)OCC. The van der Waals surface area contributed by atoms with Gasteiger partial charge in [0.15, 0.2) is 0 Å². The summed E-state index contributed by atoms with van der Waals surface area (Å²) in [5.41, 5.74) is 0.722. The number of aliphatic hydroxyl groups is 1. The van der Waals surface area contributed by atoms with Gasteiger partial charge < -0.3 is 9.84 Å². The monoisotopic (exact) mass is 200 g/mol. The number of carbonyl (C=O) groups excluding carboxylic acids is 1. The van der Waals surface area contributed by atoms with Crippen LogP contribution in [0.5, 0.6) is 0 Å². The van der Waals surface area contributed by atoms with Crippen LogP contribution in [0.2, 0.25) is 0 Å². The Kier molecular flexibility index (Phi) is 7.11. The maximum absolute atomic E-state index is 11.0. The van der Waals surface area contributed by atoms with E-state index < -0.39 is 6.10 Å². The Bertz CT molecular complexity index is 187. The highest BCUT2D eigenvalue weighted by atomic mass is 16.5. The van der Waals surface area contributed by atoms with Crippen molar-refractivity contribution in [2.75, 3.05) is 6.61 Å². The number of ether oxygens (including phenoxy) is 1. The third-order valence-electron chi connectivity index (χ3n) is 1.99. The predicted molar refractivity (Wildman–Crippen MR) is 55.9 cm³/mol. The van der Waals surface area contributed by atoms with Crippen LogP contribution in [0.25, 0.3) is 0 Å². The molecule has 82 valence electrons. The van der Waals surface area contributed by atoms with Crippen molar-refractivity contribution in [2.45, 2.75) is 45.6 Å². The van der Waals surface area contributed by atoms with E-state index in [1.807, 2.05) is 0 Å². The van der Waals surface area contributed by atoms with Crippen molar-refractivity contribution in [2.24, 2.45) is 0 Å². The molecule has 0 heterocycles. The van der Waals surface area contributed by atoms with Crippen molar-refractivity contribution in [3.8, 4) is 0 Å². The van der Waals surface area contributed by atoms with Crippen LogP contribution in [0.1, 0.15) is 39.5 Å². The number of esters is 1. The van der Waals surface area contributed by atoms with Crippen LogP contribution < -0.4 is 0 Å². The lowest BCUT2D eigenvalue weighted by molar-refractivity contribution is -0.144. The Hall–Kier alpha value is -0.830. The molecule has 14 heavy (non-hydrogen) atoms. The molecule has 0 bridgehead atoms. The summed E-state index contributed by atoms with van der Waals surface area (Å²) in [5, 5.41) is 9.54. The zero-order valence-electron chi connectivity index (χ0n) is 9.08. The van der Waals surface area contributed by atoms with Crippen molar-refractivity contribution in [1.82, 2.24) is 0 Å². The summed E-state index contributed by atoms with van der Waals surface area (Å²) in [7, 11) is 0. The first-order chi connectivity index (χ1) is 6.61. The Balaban J connectivity index is 3.76. The van der Waals surface area contributed by atoms with Gasteiger partial charge in [-0.3, -0.25) is 4.79 Å². The molecule has 0 aliphatic rings. The molecule has 0 fully saturated rings. The van der Waals surface area contributed by atoms with Gasteiger partial charge in [0.25, 0.3) is 0 Å². The molecule has 1 unspecified atom stereocenters. The first-order valence-corrected chi connectivity index (χ1v) is 5.13. The summed E-state index contributed by atoms with van der Waals surface area (Å²) >= 11 is 0. The normalized spacial score (nSPS) is 12.2. The second kappa shape index (κ2) is 7.56. The van der Waals surface area contributed by atoms with Crippen molar-refractivity contribution < 1.29 is 14.6 Å². The third kappa shape index (κ3) is 5.75. The fourth-order valence-corrected chi connectivity index (χ4v) is 1.09. The zero-order valence-corrected chi connectivity index (χ0v) is 9.08. The largest absolute Gasteiger partial charge is 0.466 e. The van der Waals surface area contributed by atoms with Crippen molar-refractivity contribution in [1.29, 1.82) is 0 Å².